The molecule has 2 aromatic carbocycles. The van der Waals surface area contributed by atoms with Gasteiger partial charge in [-0.3, -0.25) is 4.79 Å². The summed E-state index contributed by atoms with van der Waals surface area (Å²) in [5.41, 5.74) is 3.34. The zero-order valence-electron chi connectivity index (χ0n) is 25.9. The molecule has 0 spiro atoms. The van der Waals surface area contributed by atoms with Crippen molar-refractivity contribution >= 4 is 45.2 Å². The van der Waals surface area contributed by atoms with Crippen LogP contribution in [0.1, 0.15) is 57.2 Å². The fourth-order valence-corrected chi connectivity index (χ4v) is 11.8. The number of thiazole rings is 1. The Bertz CT molecular complexity index is 1800. The first-order chi connectivity index (χ1) is 21.6. The number of ketones is 1. The summed E-state index contributed by atoms with van der Waals surface area (Å²) in [6.45, 7) is 4.41. The number of aliphatic hydroxyl groups is 2. The molecule has 4 aliphatic carbocycles. The average Bonchev–Trinajstić information content (AvgIpc) is 3.71. The van der Waals surface area contributed by atoms with Crippen LogP contribution in [0.25, 0.3) is 22.0 Å². The predicted octanol–water partition coefficient (Wildman–Crippen LogP) is 6.74. The standard InChI is InChI=1S/C36H39N3O4S2/c1-34-17-21-19-37-39(23-9-11-24(43-3)12-10-23)28(21)16-22(34)8-13-25-26-14-15-36(42,35(26,2)18-29(40)32(25)34)31(41)20-44-33-38-27-6-4-5-7-30(27)45-33/h4-7,9-12,16,19,25-26,29,32,40,42H,8,13-15,17-18,20H2,1-3H3/t25?,26?,29-,32?,34?,35?,36-/m0/s1. The molecule has 5 unspecified atom stereocenters. The van der Waals surface area contributed by atoms with E-state index in [0.717, 1.165) is 57.4 Å². The number of benzene rings is 2. The second kappa shape index (κ2) is 10.5. The molecule has 4 aliphatic rings. The van der Waals surface area contributed by atoms with Crippen LogP contribution in [0.3, 0.4) is 0 Å². The molecule has 3 fully saturated rings. The second-order valence-electron chi connectivity index (χ2n) is 14.0. The van der Waals surface area contributed by atoms with E-state index in [1.807, 2.05) is 59.4 Å². The number of carbonyl (C=O) groups excluding carboxylic acids is 1. The first-order valence-electron chi connectivity index (χ1n) is 16.0. The summed E-state index contributed by atoms with van der Waals surface area (Å²) in [6, 6.07) is 16.0. The van der Waals surface area contributed by atoms with Crippen molar-refractivity contribution in [1.29, 1.82) is 0 Å². The van der Waals surface area contributed by atoms with Crippen LogP contribution in [0.2, 0.25) is 0 Å². The minimum absolute atomic E-state index is 0.0719. The number of methoxy groups -OCH3 is 1. The Morgan fingerprint density at radius 1 is 1.16 bits per heavy atom. The maximum Gasteiger partial charge on any atom is 0.175 e. The van der Waals surface area contributed by atoms with Gasteiger partial charge in [0, 0.05) is 5.41 Å². The van der Waals surface area contributed by atoms with Crippen LogP contribution in [0.15, 0.2) is 64.6 Å². The van der Waals surface area contributed by atoms with Gasteiger partial charge in [0.25, 0.3) is 0 Å². The highest BCUT2D eigenvalue weighted by Crippen LogP contribution is 2.67. The fourth-order valence-electron chi connectivity index (χ4n) is 9.74. The molecule has 0 amide bonds. The number of allylic oxidation sites excluding steroid dienone is 1. The molecule has 4 aromatic rings. The van der Waals surface area contributed by atoms with Gasteiger partial charge in [0.2, 0.25) is 0 Å². The molecule has 3 saturated carbocycles. The van der Waals surface area contributed by atoms with Crippen molar-refractivity contribution in [1.82, 2.24) is 14.8 Å². The lowest BCUT2D eigenvalue weighted by atomic mass is 9.45. The van der Waals surface area contributed by atoms with Crippen molar-refractivity contribution in [3.05, 3.63) is 71.6 Å². The Labute approximate surface area is 271 Å². The van der Waals surface area contributed by atoms with E-state index < -0.39 is 17.1 Å². The highest BCUT2D eigenvalue weighted by molar-refractivity contribution is 8.01. The van der Waals surface area contributed by atoms with E-state index in [0.29, 0.717) is 12.8 Å². The number of aliphatic hydroxyl groups excluding tert-OH is 1. The molecule has 8 rings (SSSR count). The van der Waals surface area contributed by atoms with Crippen molar-refractivity contribution in [3.63, 3.8) is 0 Å². The van der Waals surface area contributed by atoms with Gasteiger partial charge in [0.05, 0.1) is 46.8 Å². The molecule has 2 aromatic heterocycles. The predicted molar refractivity (Wildman–Crippen MR) is 178 cm³/mol. The molecule has 7 atom stereocenters. The number of aromatic nitrogens is 3. The third-order valence-corrected chi connectivity index (χ3v) is 14.1. The second-order valence-corrected chi connectivity index (χ2v) is 16.3. The van der Waals surface area contributed by atoms with E-state index >= 15 is 0 Å². The van der Waals surface area contributed by atoms with Crippen LogP contribution >= 0.6 is 23.1 Å². The zero-order chi connectivity index (χ0) is 31.1. The molecule has 2 heterocycles. The zero-order valence-corrected chi connectivity index (χ0v) is 27.5. The maximum atomic E-state index is 13.9. The van der Waals surface area contributed by atoms with Crippen LogP contribution in [0, 0.1) is 28.6 Å². The van der Waals surface area contributed by atoms with Crippen molar-refractivity contribution in [2.75, 3.05) is 12.9 Å². The minimum Gasteiger partial charge on any atom is -0.497 e. The molecule has 0 saturated heterocycles. The number of thioether (sulfide) groups is 1. The van der Waals surface area contributed by atoms with Crippen molar-refractivity contribution in [2.45, 2.75) is 68.4 Å². The lowest BCUT2D eigenvalue weighted by molar-refractivity contribution is -0.177. The van der Waals surface area contributed by atoms with Gasteiger partial charge in [0.1, 0.15) is 11.4 Å². The van der Waals surface area contributed by atoms with E-state index in [1.165, 1.54) is 22.9 Å². The van der Waals surface area contributed by atoms with E-state index in [-0.39, 0.29) is 34.7 Å². The Morgan fingerprint density at radius 2 is 1.96 bits per heavy atom. The van der Waals surface area contributed by atoms with Crippen LogP contribution in [-0.2, 0) is 11.2 Å². The highest BCUT2D eigenvalue weighted by atomic mass is 32.2. The van der Waals surface area contributed by atoms with Gasteiger partial charge >= 0.3 is 0 Å². The lowest BCUT2D eigenvalue weighted by Gasteiger charge is -2.60. The quantitative estimate of drug-likeness (QED) is 0.225. The topological polar surface area (TPSA) is 97.5 Å². The average molecular weight is 642 g/mol. The van der Waals surface area contributed by atoms with E-state index in [4.69, 9.17) is 9.84 Å². The SMILES string of the molecule is COc1ccc(-n2ncc3c2C=C2CCC4C([C@@H](O)CC5(C)C4CC[C@]5(O)C(=O)CSc4nc5ccccc5s4)C2(C)C3)cc1. The monoisotopic (exact) mass is 641 g/mol. The normalized spacial score (nSPS) is 33.6. The number of rotatable bonds is 6. The summed E-state index contributed by atoms with van der Waals surface area (Å²) < 4.78 is 9.30. The first kappa shape index (κ1) is 29.4. The molecule has 0 radical (unpaired) electrons. The number of nitrogens with zero attached hydrogens (tertiary/aromatic N) is 3. The Hall–Kier alpha value is -2.98. The van der Waals surface area contributed by atoms with Crippen LogP contribution < -0.4 is 4.74 Å². The van der Waals surface area contributed by atoms with E-state index in [1.54, 1.807) is 18.4 Å². The molecule has 234 valence electrons. The third-order valence-electron chi connectivity index (χ3n) is 12.0. The summed E-state index contributed by atoms with van der Waals surface area (Å²) in [5, 5.41) is 29.0. The number of Topliss-reactive ketones (excluding diaryl/α,β-unsaturated/α-hetero) is 1. The smallest absolute Gasteiger partial charge is 0.175 e. The Kier molecular flexibility index (Phi) is 6.88. The first-order valence-corrected chi connectivity index (χ1v) is 17.8. The van der Waals surface area contributed by atoms with Gasteiger partial charge in [-0.05, 0) is 110 Å². The van der Waals surface area contributed by atoms with Crippen molar-refractivity contribution < 1.29 is 19.7 Å². The van der Waals surface area contributed by atoms with E-state index in [2.05, 4.69) is 24.9 Å². The minimum atomic E-state index is -1.44. The van der Waals surface area contributed by atoms with Crippen molar-refractivity contribution in [3.8, 4) is 11.4 Å². The molecule has 0 aliphatic heterocycles. The third kappa shape index (κ3) is 4.34. The molecular weight excluding hydrogens is 603 g/mol. The molecule has 2 N–H and O–H groups in total. The number of fused-ring (bicyclic) bond motifs is 7. The van der Waals surface area contributed by atoms with Gasteiger partial charge < -0.3 is 14.9 Å². The molecule has 9 heteroatoms. The van der Waals surface area contributed by atoms with Crippen LogP contribution in [0.4, 0.5) is 0 Å². The Morgan fingerprint density at radius 3 is 2.73 bits per heavy atom. The number of hydrogen-bond acceptors (Lipinski definition) is 8. The summed E-state index contributed by atoms with van der Waals surface area (Å²) >= 11 is 3.01. The van der Waals surface area contributed by atoms with Crippen LogP contribution in [-0.4, -0.2) is 55.3 Å². The molecule has 45 heavy (non-hydrogen) atoms. The number of para-hydroxylation sites is 1. The van der Waals surface area contributed by atoms with Crippen LogP contribution in [0.5, 0.6) is 5.75 Å². The summed E-state index contributed by atoms with van der Waals surface area (Å²) in [7, 11) is 1.67. The highest BCUT2D eigenvalue weighted by Gasteiger charge is 2.68. The van der Waals surface area contributed by atoms with Crippen molar-refractivity contribution in [2.24, 2.45) is 28.6 Å². The number of ether oxygens (including phenoxy) is 1. The van der Waals surface area contributed by atoms with Gasteiger partial charge in [-0.2, -0.15) is 5.10 Å². The lowest BCUT2D eigenvalue weighted by Crippen LogP contribution is -2.62. The van der Waals surface area contributed by atoms with Gasteiger partial charge in [0.15, 0.2) is 10.1 Å². The molecule has 0 bridgehead atoms. The van der Waals surface area contributed by atoms with Gasteiger partial charge in [-0.1, -0.05) is 43.3 Å². The molecular formula is C36H39N3O4S2. The summed E-state index contributed by atoms with van der Waals surface area (Å²) in [4.78, 5) is 18.5. The van der Waals surface area contributed by atoms with Gasteiger partial charge in [-0.15, -0.1) is 11.3 Å². The maximum absolute atomic E-state index is 13.9. The Balaban J connectivity index is 1.04. The summed E-state index contributed by atoms with van der Waals surface area (Å²) in [5.74, 6) is 1.39. The van der Waals surface area contributed by atoms with Gasteiger partial charge in [-0.25, -0.2) is 9.67 Å². The number of carbonyl (C=O) groups is 1. The van der Waals surface area contributed by atoms with E-state index in [9.17, 15) is 15.0 Å². The summed E-state index contributed by atoms with van der Waals surface area (Å²) in [6.07, 6.45) is 8.15. The largest absolute Gasteiger partial charge is 0.497 e. The molecule has 7 nitrogen and oxygen atoms in total. The number of hydrogen-bond donors (Lipinski definition) is 2. The fraction of sp³-hybridized carbons (Fsp3) is 0.472.